The number of aryl methyl sites for hydroxylation is 1. The highest BCUT2D eigenvalue weighted by Crippen LogP contribution is 2.25. The van der Waals surface area contributed by atoms with Gasteiger partial charge in [-0.25, -0.2) is 4.39 Å². The molecule has 2 aromatic carbocycles. The second kappa shape index (κ2) is 7.27. The first-order chi connectivity index (χ1) is 12.1. The molecule has 5 nitrogen and oxygen atoms in total. The molecule has 1 unspecified atom stereocenters. The van der Waals surface area contributed by atoms with Crippen LogP contribution in [0.25, 0.3) is 11.3 Å². The van der Waals surface area contributed by atoms with Crippen LogP contribution >= 0.6 is 0 Å². The number of nitrogens with one attached hydrogen (secondary N) is 1. The molecule has 2 N–H and O–H groups in total. The molecule has 0 radical (unpaired) electrons. The van der Waals surface area contributed by atoms with E-state index < -0.39 is 17.8 Å². The van der Waals surface area contributed by atoms with Gasteiger partial charge in [-0.05, 0) is 13.0 Å². The van der Waals surface area contributed by atoms with Crippen LogP contribution < -0.4 is 5.32 Å². The topological polar surface area (TPSA) is 75.4 Å². The molecule has 1 heterocycles. The number of carbonyl (C=O) groups excluding carboxylic acids is 1. The van der Waals surface area contributed by atoms with Crippen LogP contribution in [0.2, 0.25) is 0 Å². The molecule has 0 bridgehead atoms. The number of benzene rings is 2. The molecule has 128 valence electrons. The van der Waals surface area contributed by atoms with E-state index >= 15 is 0 Å². The predicted molar refractivity (Wildman–Crippen MR) is 90.4 cm³/mol. The lowest BCUT2D eigenvalue weighted by Gasteiger charge is -2.13. The van der Waals surface area contributed by atoms with Gasteiger partial charge < -0.3 is 14.9 Å². The number of rotatable bonds is 5. The normalized spacial score (nSPS) is 12.0. The minimum atomic E-state index is -1.15. The fourth-order valence-electron chi connectivity index (χ4n) is 2.57. The Hall–Kier alpha value is -2.99. The first-order valence-electron chi connectivity index (χ1n) is 7.80. The van der Waals surface area contributed by atoms with Crippen LogP contribution in [0.15, 0.2) is 59.1 Å². The molecule has 0 aliphatic rings. The van der Waals surface area contributed by atoms with E-state index in [9.17, 15) is 14.3 Å². The van der Waals surface area contributed by atoms with E-state index in [-0.39, 0.29) is 12.1 Å². The SMILES string of the molecule is Cc1onc(-c2ccccc2)c1C(=O)NCC(O)c1ccccc1F. The van der Waals surface area contributed by atoms with Crippen LogP contribution in [0.5, 0.6) is 0 Å². The second-order valence-electron chi connectivity index (χ2n) is 5.58. The van der Waals surface area contributed by atoms with Gasteiger partial charge in [-0.1, -0.05) is 53.7 Å². The molecule has 0 saturated heterocycles. The third-order valence-corrected chi connectivity index (χ3v) is 3.86. The van der Waals surface area contributed by atoms with E-state index in [0.717, 1.165) is 5.56 Å². The number of aliphatic hydroxyl groups is 1. The molecule has 0 fully saturated rings. The van der Waals surface area contributed by atoms with Gasteiger partial charge in [0.25, 0.3) is 5.91 Å². The number of aliphatic hydroxyl groups excluding tert-OH is 1. The van der Waals surface area contributed by atoms with E-state index in [4.69, 9.17) is 4.52 Å². The van der Waals surface area contributed by atoms with Gasteiger partial charge in [-0.2, -0.15) is 0 Å². The third kappa shape index (κ3) is 3.59. The maximum Gasteiger partial charge on any atom is 0.257 e. The van der Waals surface area contributed by atoms with Crippen molar-refractivity contribution in [3.05, 3.63) is 77.3 Å². The summed E-state index contributed by atoms with van der Waals surface area (Å²) < 4.78 is 18.8. The molecule has 3 rings (SSSR count). The van der Waals surface area contributed by atoms with Gasteiger partial charge in [0.1, 0.15) is 22.8 Å². The highest BCUT2D eigenvalue weighted by Gasteiger charge is 2.22. The van der Waals surface area contributed by atoms with Gasteiger partial charge in [-0.15, -0.1) is 0 Å². The molecular formula is C19H17FN2O3. The van der Waals surface area contributed by atoms with Crippen LogP contribution in [0, 0.1) is 12.7 Å². The van der Waals surface area contributed by atoms with Crippen LogP contribution in [-0.4, -0.2) is 22.7 Å². The van der Waals surface area contributed by atoms with Crippen LogP contribution in [-0.2, 0) is 0 Å². The average molecular weight is 340 g/mol. The number of hydrogen-bond donors (Lipinski definition) is 2. The number of amides is 1. The molecule has 3 aromatic rings. The highest BCUT2D eigenvalue weighted by molar-refractivity contribution is 6.00. The zero-order valence-electron chi connectivity index (χ0n) is 13.6. The quantitative estimate of drug-likeness (QED) is 0.747. The van der Waals surface area contributed by atoms with Crippen LogP contribution in [0.3, 0.4) is 0 Å². The van der Waals surface area contributed by atoms with Gasteiger partial charge in [0.05, 0.1) is 6.10 Å². The largest absolute Gasteiger partial charge is 0.386 e. The Morgan fingerprint density at radius 2 is 1.88 bits per heavy atom. The van der Waals surface area contributed by atoms with Crippen molar-refractivity contribution in [2.45, 2.75) is 13.0 Å². The fourth-order valence-corrected chi connectivity index (χ4v) is 2.57. The maximum atomic E-state index is 13.7. The smallest absolute Gasteiger partial charge is 0.257 e. The second-order valence-corrected chi connectivity index (χ2v) is 5.58. The summed E-state index contributed by atoms with van der Waals surface area (Å²) in [5.41, 5.74) is 1.61. The van der Waals surface area contributed by atoms with Crippen molar-refractivity contribution >= 4 is 5.91 Å². The zero-order valence-corrected chi connectivity index (χ0v) is 13.6. The van der Waals surface area contributed by atoms with Gasteiger partial charge in [0.15, 0.2) is 0 Å². The first kappa shape index (κ1) is 16.9. The maximum absolute atomic E-state index is 13.7. The summed E-state index contributed by atoms with van der Waals surface area (Å²) in [5.74, 6) is -0.583. The van der Waals surface area contributed by atoms with Crippen molar-refractivity contribution in [3.8, 4) is 11.3 Å². The summed E-state index contributed by atoms with van der Waals surface area (Å²) in [7, 11) is 0. The van der Waals surface area contributed by atoms with Crippen molar-refractivity contribution in [1.82, 2.24) is 10.5 Å². The number of carbonyl (C=O) groups is 1. The lowest BCUT2D eigenvalue weighted by atomic mass is 10.1. The van der Waals surface area contributed by atoms with Crippen LogP contribution in [0.1, 0.15) is 27.8 Å². The molecule has 0 saturated carbocycles. The summed E-state index contributed by atoms with van der Waals surface area (Å²) in [6, 6.07) is 15.1. The number of halogens is 1. The molecule has 6 heteroatoms. The number of aromatic nitrogens is 1. The first-order valence-corrected chi connectivity index (χ1v) is 7.80. The van der Waals surface area contributed by atoms with Gasteiger partial charge in [0, 0.05) is 17.7 Å². The van der Waals surface area contributed by atoms with Crippen molar-refractivity contribution in [2.75, 3.05) is 6.54 Å². The number of hydrogen-bond acceptors (Lipinski definition) is 4. The third-order valence-electron chi connectivity index (χ3n) is 3.86. The van der Waals surface area contributed by atoms with Crippen molar-refractivity contribution in [1.29, 1.82) is 0 Å². The fraction of sp³-hybridized carbons (Fsp3) is 0.158. The molecule has 1 aromatic heterocycles. The molecule has 25 heavy (non-hydrogen) atoms. The predicted octanol–water partition coefficient (Wildman–Crippen LogP) is 3.25. The van der Waals surface area contributed by atoms with Crippen LogP contribution in [0.4, 0.5) is 4.39 Å². The molecule has 0 aliphatic carbocycles. The Morgan fingerprint density at radius 3 is 2.60 bits per heavy atom. The zero-order chi connectivity index (χ0) is 17.8. The number of nitrogens with zero attached hydrogens (tertiary/aromatic N) is 1. The van der Waals surface area contributed by atoms with Gasteiger partial charge in [0.2, 0.25) is 0 Å². The lowest BCUT2D eigenvalue weighted by Crippen LogP contribution is -2.29. The van der Waals surface area contributed by atoms with Crippen molar-refractivity contribution in [3.63, 3.8) is 0 Å². The van der Waals surface area contributed by atoms with Crippen molar-refractivity contribution < 1.29 is 18.8 Å². The minimum Gasteiger partial charge on any atom is -0.386 e. The molecule has 0 spiro atoms. The summed E-state index contributed by atoms with van der Waals surface area (Å²) in [4.78, 5) is 12.5. The monoisotopic (exact) mass is 340 g/mol. The Balaban J connectivity index is 1.76. The summed E-state index contributed by atoms with van der Waals surface area (Å²) in [6.07, 6.45) is -1.15. The van der Waals surface area contributed by atoms with Gasteiger partial charge >= 0.3 is 0 Å². The van der Waals surface area contributed by atoms with Gasteiger partial charge in [-0.3, -0.25) is 4.79 Å². The molecule has 0 aliphatic heterocycles. The summed E-state index contributed by atoms with van der Waals surface area (Å²) >= 11 is 0. The van der Waals surface area contributed by atoms with E-state index in [1.807, 2.05) is 30.3 Å². The standard InChI is InChI=1S/C19H17FN2O3/c1-12-17(18(22-25-12)13-7-3-2-4-8-13)19(24)21-11-16(23)14-9-5-6-10-15(14)20/h2-10,16,23H,11H2,1H3,(H,21,24). The van der Waals surface area contributed by atoms with E-state index in [0.29, 0.717) is 17.0 Å². The Labute approximate surface area is 144 Å². The molecular weight excluding hydrogens is 323 g/mol. The molecule has 1 atom stereocenters. The van der Waals surface area contributed by atoms with E-state index in [2.05, 4.69) is 10.5 Å². The highest BCUT2D eigenvalue weighted by atomic mass is 19.1. The average Bonchev–Trinajstić information content (AvgIpc) is 3.02. The Kier molecular flexibility index (Phi) is 4.90. The Bertz CT molecular complexity index is 877. The van der Waals surface area contributed by atoms with Crippen molar-refractivity contribution in [2.24, 2.45) is 0 Å². The van der Waals surface area contributed by atoms with E-state index in [1.54, 1.807) is 13.0 Å². The molecule has 1 amide bonds. The minimum absolute atomic E-state index is 0.126. The Morgan fingerprint density at radius 1 is 1.20 bits per heavy atom. The summed E-state index contributed by atoms with van der Waals surface area (Å²) in [5, 5.41) is 16.7. The van der Waals surface area contributed by atoms with E-state index in [1.165, 1.54) is 18.2 Å². The lowest BCUT2D eigenvalue weighted by molar-refractivity contribution is 0.0913. The summed E-state index contributed by atoms with van der Waals surface area (Å²) in [6.45, 7) is 1.51.